The summed E-state index contributed by atoms with van der Waals surface area (Å²) in [5, 5.41) is 0. The highest BCUT2D eigenvalue weighted by Crippen LogP contribution is 2.22. The largest absolute Gasteiger partial charge is 0.472 e. The zero-order valence-electron chi connectivity index (χ0n) is 6.76. The van der Waals surface area contributed by atoms with Crippen molar-refractivity contribution in [3.05, 3.63) is 11.8 Å². The highest BCUT2D eigenvalue weighted by atomic mass is 16.7. The molecule has 1 heterocycles. The van der Waals surface area contributed by atoms with Gasteiger partial charge in [0.05, 0.1) is 6.26 Å². The van der Waals surface area contributed by atoms with Crippen molar-refractivity contribution in [2.45, 2.75) is 26.6 Å². The number of hydrogen-bond acceptors (Lipinski definition) is 2. The van der Waals surface area contributed by atoms with E-state index in [0.29, 0.717) is 5.92 Å². The van der Waals surface area contributed by atoms with Crippen LogP contribution < -0.4 is 0 Å². The van der Waals surface area contributed by atoms with Gasteiger partial charge in [-0.1, -0.05) is 6.92 Å². The molecular formula is C8H14O2. The third-order valence-electron chi connectivity index (χ3n) is 1.74. The third-order valence-corrected chi connectivity index (χ3v) is 1.74. The van der Waals surface area contributed by atoms with E-state index in [1.54, 1.807) is 13.4 Å². The molecule has 0 saturated heterocycles. The number of methoxy groups -OCH3 is 1. The van der Waals surface area contributed by atoms with Gasteiger partial charge in [-0.2, -0.15) is 0 Å². The first-order chi connectivity index (χ1) is 4.74. The summed E-state index contributed by atoms with van der Waals surface area (Å²) in [5.41, 5.74) is 1.29. The lowest BCUT2D eigenvalue weighted by molar-refractivity contribution is -0.123. The van der Waals surface area contributed by atoms with E-state index in [2.05, 4.69) is 13.8 Å². The Kier molecular flexibility index (Phi) is 2.33. The summed E-state index contributed by atoms with van der Waals surface area (Å²) in [6, 6.07) is 0. The van der Waals surface area contributed by atoms with Crippen LogP contribution in [0.25, 0.3) is 0 Å². The van der Waals surface area contributed by atoms with E-state index in [1.165, 1.54) is 5.57 Å². The molecule has 0 radical (unpaired) electrons. The maximum atomic E-state index is 5.27. The fourth-order valence-corrected chi connectivity index (χ4v) is 1.26. The number of hydrogen-bond donors (Lipinski definition) is 0. The molecule has 0 amide bonds. The summed E-state index contributed by atoms with van der Waals surface area (Å²) < 4.78 is 10.4. The smallest absolute Gasteiger partial charge is 0.201 e. The standard InChI is InChI=1S/C8H14O2/c1-6-4-7(2)8(9-3)10-5-6/h5,7-8H,4H2,1-3H3. The second-order valence-corrected chi connectivity index (χ2v) is 2.89. The van der Waals surface area contributed by atoms with E-state index in [-0.39, 0.29) is 6.29 Å². The molecule has 0 saturated carbocycles. The van der Waals surface area contributed by atoms with Crippen LogP contribution in [0.15, 0.2) is 11.8 Å². The van der Waals surface area contributed by atoms with Gasteiger partial charge in [-0.15, -0.1) is 0 Å². The molecule has 1 aliphatic heterocycles. The van der Waals surface area contributed by atoms with Gasteiger partial charge >= 0.3 is 0 Å². The van der Waals surface area contributed by atoms with Crippen LogP contribution >= 0.6 is 0 Å². The fourth-order valence-electron chi connectivity index (χ4n) is 1.26. The van der Waals surface area contributed by atoms with Gasteiger partial charge in [-0.05, 0) is 18.9 Å². The Labute approximate surface area is 61.8 Å². The Balaban J connectivity index is 2.52. The van der Waals surface area contributed by atoms with Crippen LogP contribution in [0.4, 0.5) is 0 Å². The van der Waals surface area contributed by atoms with Crippen molar-refractivity contribution in [3.8, 4) is 0 Å². The summed E-state index contributed by atoms with van der Waals surface area (Å²) in [6.45, 7) is 4.20. The number of allylic oxidation sites excluding steroid dienone is 1. The zero-order chi connectivity index (χ0) is 7.56. The van der Waals surface area contributed by atoms with Crippen molar-refractivity contribution in [2.24, 2.45) is 5.92 Å². The summed E-state index contributed by atoms with van der Waals surface area (Å²) in [6.07, 6.45) is 2.83. The molecule has 0 bridgehead atoms. The lowest BCUT2D eigenvalue weighted by Gasteiger charge is -2.26. The lowest BCUT2D eigenvalue weighted by atomic mass is 10.0. The van der Waals surface area contributed by atoms with Crippen LogP contribution in [0.1, 0.15) is 20.3 Å². The Morgan fingerprint density at radius 1 is 1.70 bits per heavy atom. The van der Waals surface area contributed by atoms with Crippen molar-refractivity contribution >= 4 is 0 Å². The molecule has 2 heteroatoms. The maximum Gasteiger partial charge on any atom is 0.201 e. The topological polar surface area (TPSA) is 18.5 Å². The molecule has 2 nitrogen and oxygen atoms in total. The summed E-state index contributed by atoms with van der Waals surface area (Å²) in [7, 11) is 1.68. The molecule has 10 heavy (non-hydrogen) atoms. The minimum absolute atomic E-state index is 0.0382. The quantitative estimate of drug-likeness (QED) is 0.557. The lowest BCUT2D eigenvalue weighted by Crippen LogP contribution is -2.25. The Hall–Kier alpha value is -0.500. The minimum Gasteiger partial charge on any atom is -0.472 e. The molecule has 0 aliphatic carbocycles. The van der Waals surface area contributed by atoms with E-state index >= 15 is 0 Å². The maximum absolute atomic E-state index is 5.27. The van der Waals surface area contributed by atoms with Gasteiger partial charge in [0.15, 0.2) is 0 Å². The first kappa shape index (κ1) is 7.61. The third kappa shape index (κ3) is 1.51. The van der Waals surface area contributed by atoms with Gasteiger partial charge in [0.25, 0.3) is 0 Å². The van der Waals surface area contributed by atoms with Crippen molar-refractivity contribution in [3.63, 3.8) is 0 Å². The highest BCUT2D eigenvalue weighted by molar-refractivity contribution is 4.98. The molecule has 0 aromatic rings. The van der Waals surface area contributed by atoms with Gasteiger partial charge in [-0.25, -0.2) is 0 Å². The van der Waals surface area contributed by atoms with Gasteiger partial charge < -0.3 is 9.47 Å². The molecule has 0 fully saturated rings. The van der Waals surface area contributed by atoms with Crippen LogP contribution in [-0.2, 0) is 9.47 Å². The first-order valence-electron chi connectivity index (χ1n) is 3.58. The van der Waals surface area contributed by atoms with E-state index in [9.17, 15) is 0 Å². The summed E-state index contributed by atoms with van der Waals surface area (Å²) in [5.74, 6) is 0.481. The van der Waals surface area contributed by atoms with Crippen LogP contribution in [0.2, 0.25) is 0 Å². The average Bonchev–Trinajstić information content (AvgIpc) is 1.88. The van der Waals surface area contributed by atoms with Gasteiger partial charge in [-0.3, -0.25) is 0 Å². The molecule has 0 spiro atoms. The van der Waals surface area contributed by atoms with E-state index < -0.39 is 0 Å². The SMILES string of the molecule is COC1OC=C(C)CC1C. The summed E-state index contributed by atoms with van der Waals surface area (Å²) >= 11 is 0. The molecule has 0 aromatic carbocycles. The zero-order valence-corrected chi connectivity index (χ0v) is 6.76. The average molecular weight is 142 g/mol. The monoisotopic (exact) mass is 142 g/mol. The summed E-state index contributed by atoms with van der Waals surface area (Å²) in [4.78, 5) is 0. The Morgan fingerprint density at radius 3 is 2.90 bits per heavy atom. The molecule has 2 atom stereocenters. The highest BCUT2D eigenvalue weighted by Gasteiger charge is 2.20. The molecular weight excluding hydrogens is 128 g/mol. The number of ether oxygens (including phenoxy) is 2. The number of rotatable bonds is 1. The van der Waals surface area contributed by atoms with Crippen molar-refractivity contribution in [2.75, 3.05) is 7.11 Å². The van der Waals surface area contributed by atoms with E-state index in [4.69, 9.17) is 9.47 Å². The Bertz CT molecular complexity index is 140. The molecule has 0 aromatic heterocycles. The first-order valence-corrected chi connectivity index (χ1v) is 3.58. The van der Waals surface area contributed by atoms with Crippen LogP contribution in [0.5, 0.6) is 0 Å². The molecule has 1 rings (SSSR count). The second kappa shape index (κ2) is 3.06. The van der Waals surface area contributed by atoms with Crippen molar-refractivity contribution in [1.29, 1.82) is 0 Å². The van der Waals surface area contributed by atoms with Crippen LogP contribution in [0, 0.1) is 5.92 Å². The second-order valence-electron chi connectivity index (χ2n) is 2.89. The van der Waals surface area contributed by atoms with Gasteiger partial charge in [0, 0.05) is 13.0 Å². The van der Waals surface area contributed by atoms with Gasteiger partial charge in [0.2, 0.25) is 6.29 Å². The molecule has 0 N–H and O–H groups in total. The van der Waals surface area contributed by atoms with Crippen molar-refractivity contribution < 1.29 is 9.47 Å². The Morgan fingerprint density at radius 2 is 2.40 bits per heavy atom. The fraction of sp³-hybridized carbons (Fsp3) is 0.750. The van der Waals surface area contributed by atoms with E-state index in [1.807, 2.05) is 0 Å². The normalized spacial score (nSPS) is 32.9. The molecule has 2 unspecified atom stereocenters. The van der Waals surface area contributed by atoms with E-state index in [0.717, 1.165) is 6.42 Å². The predicted octanol–water partition coefficient (Wildman–Crippen LogP) is 1.92. The molecule has 58 valence electrons. The van der Waals surface area contributed by atoms with Crippen LogP contribution in [-0.4, -0.2) is 13.4 Å². The van der Waals surface area contributed by atoms with Gasteiger partial charge in [0.1, 0.15) is 0 Å². The molecule has 1 aliphatic rings. The predicted molar refractivity (Wildman–Crippen MR) is 39.4 cm³/mol. The van der Waals surface area contributed by atoms with Crippen LogP contribution in [0.3, 0.4) is 0 Å². The van der Waals surface area contributed by atoms with Crippen molar-refractivity contribution in [1.82, 2.24) is 0 Å². The minimum atomic E-state index is -0.0382.